The van der Waals surface area contributed by atoms with E-state index in [0.717, 1.165) is 37.8 Å². The number of likely N-dealkylation sites (N-methyl/N-ethyl adjacent to an activating group) is 6. The Morgan fingerprint density at radius 2 is 1.26 bits per heavy atom. The average molecular weight is 1440 g/mol. The molecule has 4 aliphatic heterocycles. The molecular formula is C72H108ClF3N12O13. The maximum Gasteiger partial charge on any atom is 0.417 e. The van der Waals surface area contributed by atoms with E-state index >= 15 is 33.6 Å². The number of hydrogen-bond acceptors (Lipinski definition) is 13. The van der Waals surface area contributed by atoms with Crippen LogP contribution in [0.4, 0.5) is 13.2 Å². The van der Waals surface area contributed by atoms with Crippen molar-refractivity contribution in [3.63, 3.8) is 0 Å². The molecule has 0 bridgehead atoms. The molecule has 8 rings (SSSR count). The molecule has 25 nitrogen and oxygen atoms in total. The van der Waals surface area contributed by atoms with E-state index in [1.165, 1.54) is 92.3 Å². The average Bonchev–Trinajstić information content (AvgIpc) is 1.70. The zero-order valence-electron chi connectivity index (χ0n) is 60.9. The summed E-state index contributed by atoms with van der Waals surface area (Å²) in [6, 6.07) is -7.79. The van der Waals surface area contributed by atoms with Crippen LogP contribution in [-0.2, 0) is 74.9 Å². The molecule has 101 heavy (non-hydrogen) atoms. The molecule has 1 spiro atoms. The molecule has 10 atom stereocenters. The van der Waals surface area contributed by atoms with Gasteiger partial charge in [0.1, 0.15) is 59.9 Å². The number of nitrogens with one attached hydrogen (secondary N) is 3. The first-order valence-corrected chi connectivity index (χ1v) is 37.0. The van der Waals surface area contributed by atoms with Crippen LogP contribution in [-0.4, -0.2) is 263 Å². The van der Waals surface area contributed by atoms with Crippen molar-refractivity contribution in [1.82, 2.24) is 60.0 Å². The Bertz CT molecular complexity index is 3210. The number of nitrogens with zero attached hydrogens (tertiary/aromatic N) is 9. The molecule has 29 heteroatoms. The van der Waals surface area contributed by atoms with Crippen molar-refractivity contribution < 1.29 is 75.4 Å². The standard InChI is InChI=1S/C72H108ClF3N12O13/c1-12-44(5)58-67(97)80(7)45(6)63(93)88-34-30-53(88)65(95)83(10)60(48-23-16-17-24-48)69(99)85(13-2)42-56(89)77-51(29-27-46-26-28-49(50(73)40-46)72(74,75)76)64(94)87-33-20-25-52(87)62(92)79-71(31-18-19-32-71)70(100)84(11)59(47-21-14-15-22-47)68(98)82(9)55(66(96)86-35-37-101-38-36-86)41-57(90)81(8)54(39-43(3)4)61(91)78-58/h26,28,40,43-45,47-48,51-55,58-60H,12-25,27,29-39,41-42H2,1-11H3,(H,77,89)(H,78,91)(H,79,92)/t44-,45-,51-,52-,53-,54-,55-,58-,59-,60-/m0/s1. The van der Waals surface area contributed by atoms with Gasteiger partial charge in [-0.15, -0.1) is 0 Å². The monoisotopic (exact) mass is 1440 g/mol. The van der Waals surface area contributed by atoms with E-state index in [-0.39, 0.29) is 103 Å². The number of halogens is 4. The molecule has 3 N–H and O–H groups in total. The first kappa shape index (κ1) is 79.6. The highest BCUT2D eigenvalue weighted by molar-refractivity contribution is 6.31. The Hall–Kier alpha value is -7.10. The number of ether oxygens (including phenoxy) is 1. The number of alkyl halides is 3. The minimum atomic E-state index is -4.76. The first-order valence-electron chi connectivity index (χ1n) is 36.6. The zero-order valence-corrected chi connectivity index (χ0v) is 61.6. The van der Waals surface area contributed by atoms with Gasteiger partial charge in [-0.2, -0.15) is 13.2 Å². The van der Waals surface area contributed by atoms with Crippen molar-refractivity contribution in [2.45, 2.75) is 236 Å². The highest BCUT2D eigenvalue weighted by Crippen LogP contribution is 2.39. The largest absolute Gasteiger partial charge is 0.417 e. The van der Waals surface area contributed by atoms with E-state index in [9.17, 15) is 37.1 Å². The van der Waals surface area contributed by atoms with Gasteiger partial charge in [-0.1, -0.05) is 90.3 Å². The number of hydrogen-bond donors (Lipinski definition) is 3. The number of rotatable bonds is 11. The highest BCUT2D eigenvalue weighted by Gasteiger charge is 2.53. The van der Waals surface area contributed by atoms with Crippen LogP contribution in [0.25, 0.3) is 0 Å². The SMILES string of the molecule is CC[C@H](C)[C@@H]1NC(=O)[C@H](CC(C)C)N(C)C(=O)C[C@@H](C(=O)N2CCOCC2)N(C)C(=O)[C@H](C2CCCC2)N(C)C(=O)C2(CCCC2)NC(=O)[C@@H]2CCCN2C(=O)[C@H](CCc2ccc(C(F)(F)F)c(Cl)c2)NC(=O)CN(CC)C(=O)[C@H](C2CCCC2)N(C)C(=O)[C@@H]2CCN2C(=O)[C@H](C)N(C)C1=O. The van der Waals surface area contributed by atoms with Crippen LogP contribution < -0.4 is 16.0 Å². The third kappa shape index (κ3) is 18.1. The van der Waals surface area contributed by atoms with Crippen LogP contribution in [0.1, 0.15) is 175 Å². The Labute approximate surface area is 597 Å². The van der Waals surface area contributed by atoms with Gasteiger partial charge in [-0.3, -0.25) is 57.5 Å². The molecule has 4 saturated heterocycles. The molecule has 12 amide bonds. The summed E-state index contributed by atoms with van der Waals surface area (Å²) in [7, 11) is 7.29. The number of aryl methyl sites for hydroxylation is 1. The van der Waals surface area contributed by atoms with Gasteiger partial charge in [0.25, 0.3) is 0 Å². The summed E-state index contributed by atoms with van der Waals surface area (Å²) in [4.78, 5) is 193. The summed E-state index contributed by atoms with van der Waals surface area (Å²) in [6.45, 7) is 10.8. The van der Waals surface area contributed by atoms with Crippen molar-refractivity contribution in [3.05, 3.63) is 34.3 Å². The van der Waals surface area contributed by atoms with Crippen LogP contribution in [0, 0.1) is 23.7 Å². The lowest BCUT2D eigenvalue weighted by atomic mass is 9.90. The fourth-order valence-electron chi connectivity index (χ4n) is 16.2. The van der Waals surface area contributed by atoms with Crippen LogP contribution >= 0.6 is 11.6 Å². The molecule has 1 aromatic carbocycles. The second kappa shape index (κ2) is 34.5. The summed E-state index contributed by atoms with van der Waals surface area (Å²) < 4.78 is 47.3. The summed E-state index contributed by atoms with van der Waals surface area (Å²) in [5.74, 6) is -8.99. The van der Waals surface area contributed by atoms with Gasteiger partial charge in [0.15, 0.2) is 0 Å². The number of morpholine rings is 1. The molecule has 3 aliphatic carbocycles. The summed E-state index contributed by atoms with van der Waals surface area (Å²) in [5, 5.41) is 8.24. The van der Waals surface area contributed by atoms with Crippen molar-refractivity contribution in [2.24, 2.45) is 23.7 Å². The Morgan fingerprint density at radius 1 is 0.653 bits per heavy atom. The summed E-state index contributed by atoms with van der Waals surface area (Å²) >= 11 is 6.17. The topological polar surface area (TPSA) is 279 Å². The minimum absolute atomic E-state index is 0.0250. The normalized spacial score (nSPS) is 28.5. The van der Waals surface area contributed by atoms with Gasteiger partial charge in [0.2, 0.25) is 70.9 Å². The number of benzene rings is 1. The fourth-order valence-corrected chi connectivity index (χ4v) is 16.5. The lowest BCUT2D eigenvalue weighted by Gasteiger charge is -2.45. The van der Waals surface area contributed by atoms with Crippen molar-refractivity contribution in [1.29, 1.82) is 0 Å². The lowest BCUT2D eigenvalue weighted by Crippen LogP contribution is -2.65. The third-order valence-corrected chi connectivity index (χ3v) is 23.1. The van der Waals surface area contributed by atoms with Crippen molar-refractivity contribution >= 4 is 82.5 Å². The molecule has 0 radical (unpaired) electrons. The van der Waals surface area contributed by atoms with E-state index in [1.54, 1.807) is 13.8 Å². The lowest BCUT2D eigenvalue weighted by molar-refractivity contribution is -0.161. The van der Waals surface area contributed by atoms with Crippen molar-refractivity contribution in [3.8, 4) is 0 Å². The molecule has 0 aromatic heterocycles. The molecule has 3 saturated carbocycles. The second-order valence-corrected chi connectivity index (χ2v) is 30.1. The quantitative estimate of drug-likeness (QED) is 0.263. The van der Waals surface area contributed by atoms with Gasteiger partial charge >= 0.3 is 6.18 Å². The summed E-state index contributed by atoms with van der Waals surface area (Å²) in [6.07, 6.45) is 2.16. The predicted octanol–water partition coefficient (Wildman–Crippen LogP) is 5.02. The maximum atomic E-state index is 15.7. The van der Waals surface area contributed by atoms with Crippen LogP contribution in [0.5, 0.6) is 0 Å². The van der Waals surface area contributed by atoms with E-state index in [1.807, 2.05) is 20.8 Å². The molecule has 562 valence electrons. The molecule has 7 fully saturated rings. The second-order valence-electron chi connectivity index (χ2n) is 29.7. The van der Waals surface area contributed by atoms with Gasteiger partial charge in [-0.05, 0) is 132 Å². The number of amides is 12. The van der Waals surface area contributed by atoms with Gasteiger partial charge in [-0.25, -0.2) is 0 Å². The van der Waals surface area contributed by atoms with E-state index in [4.69, 9.17) is 16.3 Å². The van der Waals surface area contributed by atoms with Gasteiger partial charge in [0, 0.05) is 68.0 Å². The molecular weight excluding hydrogens is 1330 g/mol. The molecule has 7 aliphatic rings. The smallest absolute Gasteiger partial charge is 0.378 e. The fraction of sp³-hybridized carbons (Fsp3) is 0.750. The van der Waals surface area contributed by atoms with Gasteiger partial charge < -0.3 is 64.8 Å². The number of fused-ring (bicyclic) bond motifs is 2. The highest BCUT2D eigenvalue weighted by atomic mass is 35.5. The van der Waals surface area contributed by atoms with Gasteiger partial charge in [0.05, 0.1) is 36.8 Å². The predicted molar refractivity (Wildman–Crippen MR) is 368 cm³/mol. The van der Waals surface area contributed by atoms with E-state index in [2.05, 4.69) is 16.0 Å². The first-order chi connectivity index (χ1) is 47.8. The van der Waals surface area contributed by atoms with E-state index in [0.29, 0.717) is 56.9 Å². The molecule has 0 unspecified atom stereocenters. The Morgan fingerprint density at radius 3 is 1.81 bits per heavy atom. The Balaban J connectivity index is 1.18. The molecule has 1 aromatic rings. The molecule has 4 heterocycles. The minimum Gasteiger partial charge on any atom is -0.378 e. The van der Waals surface area contributed by atoms with Crippen LogP contribution in [0.2, 0.25) is 5.02 Å². The zero-order chi connectivity index (χ0) is 74.1. The van der Waals surface area contributed by atoms with Crippen LogP contribution in [0.15, 0.2) is 18.2 Å². The number of carbonyl (C=O) groups is 12. The maximum absolute atomic E-state index is 15.7. The summed E-state index contributed by atoms with van der Waals surface area (Å²) in [5.41, 5.74) is -2.34. The van der Waals surface area contributed by atoms with E-state index < -0.39 is 172 Å². The van der Waals surface area contributed by atoms with Crippen molar-refractivity contribution in [2.75, 3.05) is 87.7 Å². The Kier molecular flexibility index (Phi) is 27.2. The number of carbonyl (C=O) groups excluding carboxylic acids is 12. The third-order valence-electron chi connectivity index (χ3n) is 22.8. The van der Waals surface area contributed by atoms with Crippen LogP contribution in [0.3, 0.4) is 0 Å².